The summed E-state index contributed by atoms with van der Waals surface area (Å²) >= 11 is 0. The van der Waals surface area contributed by atoms with Gasteiger partial charge in [0.1, 0.15) is 5.54 Å². The Balaban J connectivity index is 2.43. The number of hydrogen-bond acceptors (Lipinski definition) is 4. The van der Waals surface area contributed by atoms with E-state index in [2.05, 4.69) is 36.3 Å². The second-order valence-electron chi connectivity index (χ2n) is 6.70. The predicted octanol–water partition coefficient (Wildman–Crippen LogP) is 0.894. The molecule has 3 N–H and O–H groups in total. The lowest BCUT2D eigenvalue weighted by atomic mass is 9.83. The minimum Gasteiger partial charge on any atom is -0.368 e. The summed E-state index contributed by atoms with van der Waals surface area (Å²) in [6, 6.07) is 0. The van der Waals surface area contributed by atoms with Crippen LogP contribution < -0.4 is 11.1 Å². The molecule has 0 bridgehead atoms. The van der Waals surface area contributed by atoms with Gasteiger partial charge in [0.25, 0.3) is 0 Å². The SMILES string of the molecule is CCNC1(C(N)=O)CCCC1CCN(C)CCCN(C)C. The van der Waals surface area contributed by atoms with E-state index in [-0.39, 0.29) is 5.91 Å². The third-order valence-corrected chi connectivity index (χ3v) is 4.76. The molecule has 1 amide bonds. The predicted molar refractivity (Wildman–Crippen MR) is 88.2 cm³/mol. The van der Waals surface area contributed by atoms with Gasteiger partial charge in [-0.15, -0.1) is 0 Å². The molecule has 2 unspecified atom stereocenters. The van der Waals surface area contributed by atoms with Gasteiger partial charge in [-0.05, 0) is 78.9 Å². The van der Waals surface area contributed by atoms with Gasteiger partial charge in [0.2, 0.25) is 5.91 Å². The van der Waals surface area contributed by atoms with Crippen LogP contribution in [0, 0.1) is 5.92 Å². The Morgan fingerprint density at radius 3 is 2.57 bits per heavy atom. The van der Waals surface area contributed by atoms with Gasteiger partial charge < -0.3 is 20.9 Å². The largest absolute Gasteiger partial charge is 0.368 e. The normalized spacial score (nSPS) is 25.9. The average Bonchev–Trinajstić information content (AvgIpc) is 2.80. The van der Waals surface area contributed by atoms with Crippen molar-refractivity contribution < 1.29 is 4.79 Å². The van der Waals surface area contributed by atoms with Crippen molar-refractivity contribution in [1.82, 2.24) is 15.1 Å². The number of carbonyl (C=O) groups is 1. The molecule has 1 aliphatic rings. The number of likely N-dealkylation sites (N-methyl/N-ethyl adjacent to an activating group) is 1. The maximum atomic E-state index is 12.0. The molecule has 0 aromatic heterocycles. The molecule has 5 nitrogen and oxygen atoms in total. The van der Waals surface area contributed by atoms with Crippen LogP contribution in [0.2, 0.25) is 0 Å². The summed E-state index contributed by atoms with van der Waals surface area (Å²) in [6.45, 7) is 6.12. The van der Waals surface area contributed by atoms with Crippen LogP contribution in [0.4, 0.5) is 0 Å². The zero-order valence-corrected chi connectivity index (χ0v) is 14.3. The zero-order valence-electron chi connectivity index (χ0n) is 14.3. The van der Waals surface area contributed by atoms with Crippen molar-refractivity contribution in [2.75, 3.05) is 47.3 Å². The highest BCUT2D eigenvalue weighted by atomic mass is 16.1. The van der Waals surface area contributed by atoms with Crippen molar-refractivity contribution in [2.45, 2.75) is 44.6 Å². The second-order valence-corrected chi connectivity index (χ2v) is 6.70. The van der Waals surface area contributed by atoms with Gasteiger partial charge in [-0.25, -0.2) is 0 Å². The van der Waals surface area contributed by atoms with Crippen LogP contribution >= 0.6 is 0 Å². The molecular formula is C16H34N4O. The molecule has 1 aliphatic carbocycles. The summed E-state index contributed by atoms with van der Waals surface area (Å²) in [6.07, 6.45) is 5.34. The van der Waals surface area contributed by atoms with Gasteiger partial charge in [-0.2, -0.15) is 0 Å². The van der Waals surface area contributed by atoms with E-state index in [1.165, 1.54) is 6.42 Å². The van der Waals surface area contributed by atoms with Crippen molar-refractivity contribution in [3.63, 3.8) is 0 Å². The third-order valence-electron chi connectivity index (χ3n) is 4.76. The maximum Gasteiger partial charge on any atom is 0.238 e. The number of nitrogens with zero attached hydrogens (tertiary/aromatic N) is 2. The summed E-state index contributed by atoms with van der Waals surface area (Å²) in [7, 11) is 6.39. The molecule has 2 atom stereocenters. The van der Waals surface area contributed by atoms with E-state index in [1.807, 2.05) is 6.92 Å². The van der Waals surface area contributed by atoms with Crippen molar-refractivity contribution in [3.05, 3.63) is 0 Å². The Kier molecular flexibility index (Phi) is 7.63. The Bertz CT molecular complexity index is 321. The maximum absolute atomic E-state index is 12.0. The monoisotopic (exact) mass is 298 g/mol. The summed E-state index contributed by atoms with van der Waals surface area (Å²) in [4.78, 5) is 16.5. The number of amides is 1. The summed E-state index contributed by atoms with van der Waals surface area (Å²) in [5.74, 6) is 0.216. The highest BCUT2D eigenvalue weighted by Gasteiger charge is 2.46. The van der Waals surface area contributed by atoms with Gasteiger partial charge in [0.05, 0.1) is 0 Å². The first kappa shape index (κ1) is 18.4. The molecule has 0 aromatic rings. The minimum absolute atomic E-state index is 0.165. The van der Waals surface area contributed by atoms with Crippen LogP contribution in [0.5, 0.6) is 0 Å². The minimum atomic E-state index is -0.459. The highest BCUT2D eigenvalue weighted by Crippen LogP contribution is 2.37. The van der Waals surface area contributed by atoms with Crippen LogP contribution in [0.15, 0.2) is 0 Å². The molecule has 1 rings (SSSR count). The second kappa shape index (κ2) is 8.71. The fraction of sp³-hybridized carbons (Fsp3) is 0.938. The molecule has 0 aliphatic heterocycles. The van der Waals surface area contributed by atoms with Gasteiger partial charge in [-0.3, -0.25) is 4.79 Å². The number of nitrogens with one attached hydrogen (secondary N) is 1. The van der Waals surface area contributed by atoms with Crippen LogP contribution in [0.3, 0.4) is 0 Å². The number of nitrogens with two attached hydrogens (primary N) is 1. The molecule has 1 fully saturated rings. The number of primary amides is 1. The molecule has 0 spiro atoms. The summed E-state index contributed by atoms with van der Waals surface area (Å²) in [5, 5.41) is 3.39. The molecule has 0 radical (unpaired) electrons. The van der Waals surface area contributed by atoms with E-state index in [1.54, 1.807) is 0 Å². The van der Waals surface area contributed by atoms with E-state index in [9.17, 15) is 4.79 Å². The first-order valence-corrected chi connectivity index (χ1v) is 8.30. The first-order chi connectivity index (χ1) is 9.92. The quantitative estimate of drug-likeness (QED) is 0.629. The van der Waals surface area contributed by atoms with E-state index in [0.717, 1.165) is 51.9 Å². The van der Waals surface area contributed by atoms with Crippen molar-refractivity contribution in [1.29, 1.82) is 0 Å². The molecule has 5 heteroatoms. The summed E-state index contributed by atoms with van der Waals surface area (Å²) in [5.41, 5.74) is 5.25. The Morgan fingerprint density at radius 1 is 1.29 bits per heavy atom. The van der Waals surface area contributed by atoms with E-state index in [0.29, 0.717) is 5.92 Å². The Labute approximate surface area is 130 Å². The smallest absolute Gasteiger partial charge is 0.238 e. The number of hydrogen-bond donors (Lipinski definition) is 2. The number of carbonyl (C=O) groups excluding carboxylic acids is 1. The molecule has 0 aromatic carbocycles. The van der Waals surface area contributed by atoms with Crippen LogP contribution in [-0.4, -0.2) is 68.6 Å². The van der Waals surface area contributed by atoms with Crippen molar-refractivity contribution in [3.8, 4) is 0 Å². The van der Waals surface area contributed by atoms with Gasteiger partial charge >= 0.3 is 0 Å². The standard InChI is InChI=1S/C16H34N4O/c1-5-18-16(15(17)21)10-6-8-14(16)9-13-20(4)12-7-11-19(2)3/h14,18H,5-13H2,1-4H3,(H2,17,21). The molecule has 21 heavy (non-hydrogen) atoms. The molecule has 0 saturated heterocycles. The lowest BCUT2D eigenvalue weighted by Crippen LogP contribution is -2.58. The summed E-state index contributed by atoms with van der Waals surface area (Å²) < 4.78 is 0. The molecule has 1 saturated carbocycles. The average molecular weight is 298 g/mol. The van der Waals surface area contributed by atoms with Crippen LogP contribution in [-0.2, 0) is 4.79 Å². The third kappa shape index (κ3) is 5.24. The number of rotatable bonds is 10. The Morgan fingerprint density at radius 2 is 2.00 bits per heavy atom. The first-order valence-electron chi connectivity index (χ1n) is 8.30. The fourth-order valence-corrected chi connectivity index (χ4v) is 3.57. The van der Waals surface area contributed by atoms with E-state index in [4.69, 9.17) is 5.73 Å². The molecule has 124 valence electrons. The van der Waals surface area contributed by atoms with Crippen molar-refractivity contribution >= 4 is 5.91 Å². The lowest BCUT2D eigenvalue weighted by Gasteiger charge is -2.34. The molecule has 0 heterocycles. The van der Waals surface area contributed by atoms with Gasteiger partial charge in [-0.1, -0.05) is 13.3 Å². The van der Waals surface area contributed by atoms with Gasteiger partial charge in [0.15, 0.2) is 0 Å². The van der Waals surface area contributed by atoms with E-state index < -0.39 is 5.54 Å². The fourth-order valence-electron chi connectivity index (χ4n) is 3.57. The van der Waals surface area contributed by atoms with Gasteiger partial charge in [0, 0.05) is 0 Å². The van der Waals surface area contributed by atoms with Crippen LogP contribution in [0.1, 0.15) is 39.0 Å². The van der Waals surface area contributed by atoms with Crippen LogP contribution in [0.25, 0.3) is 0 Å². The van der Waals surface area contributed by atoms with E-state index >= 15 is 0 Å². The Hall–Kier alpha value is -0.650. The topological polar surface area (TPSA) is 61.6 Å². The highest BCUT2D eigenvalue weighted by molar-refractivity contribution is 5.85. The zero-order chi connectivity index (χ0) is 15.9. The lowest BCUT2D eigenvalue weighted by molar-refractivity contribution is -0.126. The van der Waals surface area contributed by atoms with Crippen molar-refractivity contribution in [2.24, 2.45) is 11.7 Å². The molecular weight excluding hydrogens is 264 g/mol.